The Labute approximate surface area is 101 Å². The summed E-state index contributed by atoms with van der Waals surface area (Å²) in [7, 11) is 0. The monoisotopic (exact) mass is 222 g/mol. The molecule has 0 aromatic rings. The molecule has 0 aromatic carbocycles. The van der Waals surface area contributed by atoms with Crippen LogP contribution in [0.15, 0.2) is 0 Å². The maximum atomic E-state index is 5.62. The molecule has 0 amide bonds. The fraction of sp³-hybridized carbons (Fsp3) is 0.857. The molecule has 1 fully saturated rings. The summed E-state index contributed by atoms with van der Waals surface area (Å²) in [6, 6.07) is 0.593. The van der Waals surface area contributed by atoms with Gasteiger partial charge < -0.3 is 5.32 Å². The van der Waals surface area contributed by atoms with Crippen molar-refractivity contribution in [1.82, 2.24) is 10.2 Å². The van der Waals surface area contributed by atoms with Crippen molar-refractivity contribution in [3.8, 4) is 12.3 Å². The summed E-state index contributed by atoms with van der Waals surface area (Å²) in [5.74, 6) is 3.65. The van der Waals surface area contributed by atoms with Crippen LogP contribution >= 0.6 is 0 Å². The summed E-state index contributed by atoms with van der Waals surface area (Å²) < 4.78 is 0. The summed E-state index contributed by atoms with van der Waals surface area (Å²) >= 11 is 0. The number of nitrogens with zero attached hydrogens (tertiary/aromatic N) is 1. The Bertz CT molecular complexity index is 250. The van der Waals surface area contributed by atoms with Gasteiger partial charge in [-0.25, -0.2) is 0 Å². The molecule has 92 valence electrons. The Kier molecular flexibility index (Phi) is 4.83. The van der Waals surface area contributed by atoms with Crippen molar-refractivity contribution in [2.24, 2.45) is 5.92 Å². The van der Waals surface area contributed by atoms with E-state index in [4.69, 9.17) is 6.42 Å². The van der Waals surface area contributed by atoms with Gasteiger partial charge in [0.2, 0.25) is 0 Å². The van der Waals surface area contributed by atoms with E-state index in [0.717, 1.165) is 25.6 Å². The van der Waals surface area contributed by atoms with Crippen molar-refractivity contribution >= 4 is 0 Å². The molecular weight excluding hydrogens is 196 g/mol. The summed E-state index contributed by atoms with van der Waals surface area (Å²) in [5.41, 5.74) is -0.110. The Hall–Kier alpha value is -0.520. The van der Waals surface area contributed by atoms with E-state index >= 15 is 0 Å². The van der Waals surface area contributed by atoms with Crippen LogP contribution in [0, 0.1) is 18.3 Å². The Morgan fingerprint density at radius 2 is 2.19 bits per heavy atom. The zero-order chi connectivity index (χ0) is 12.2. The van der Waals surface area contributed by atoms with Crippen molar-refractivity contribution in [2.75, 3.05) is 19.6 Å². The van der Waals surface area contributed by atoms with E-state index in [-0.39, 0.29) is 5.54 Å². The van der Waals surface area contributed by atoms with Crippen molar-refractivity contribution in [2.45, 2.75) is 52.1 Å². The number of rotatable bonds is 3. The molecule has 1 unspecified atom stereocenters. The zero-order valence-corrected chi connectivity index (χ0v) is 11.2. The van der Waals surface area contributed by atoms with E-state index in [9.17, 15) is 0 Å². The molecular formula is C14H26N2. The zero-order valence-electron chi connectivity index (χ0n) is 11.2. The van der Waals surface area contributed by atoms with Gasteiger partial charge in [-0.2, -0.15) is 0 Å². The van der Waals surface area contributed by atoms with Gasteiger partial charge >= 0.3 is 0 Å². The minimum Gasteiger partial charge on any atom is -0.313 e. The third-order valence-corrected chi connectivity index (χ3v) is 3.38. The maximum Gasteiger partial charge on any atom is 0.0766 e. The first-order valence-electron chi connectivity index (χ1n) is 6.42. The summed E-state index contributed by atoms with van der Waals surface area (Å²) in [6.07, 6.45) is 8.05. The van der Waals surface area contributed by atoms with Crippen LogP contribution in [0.3, 0.4) is 0 Å². The highest BCUT2D eigenvalue weighted by Gasteiger charge is 2.28. The average Bonchev–Trinajstić information content (AvgIpc) is 2.43. The van der Waals surface area contributed by atoms with Crippen molar-refractivity contribution in [3.05, 3.63) is 0 Å². The minimum atomic E-state index is -0.110. The molecule has 2 nitrogen and oxygen atoms in total. The van der Waals surface area contributed by atoms with Crippen molar-refractivity contribution < 1.29 is 0 Å². The number of hydrogen-bond donors (Lipinski definition) is 1. The van der Waals surface area contributed by atoms with Crippen LogP contribution in [0.1, 0.15) is 40.5 Å². The molecule has 16 heavy (non-hydrogen) atoms. The first kappa shape index (κ1) is 13.5. The fourth-order valence-electron chi connectivity index (χ4n) is 2.32. The molecule has 0 saturated carbocycles. The quantitative estimate of drug-likeness (QED) is 0.736. The number of nitrogens with one attached hydrogen (secondary N) is 1. The molecule has 0 aromatic heterocycles. The van der Waals surface area contributed by atoms with E-state index in [1.165, 1.54) is 12.8 Å². The second kappa shape index (κ2) is 5.70. The lowest BCUT2D eigenvalue weighted by Gasteiger charge is -2.35. The van der Waals surface area contributed by atoms with Gasteiger partial charge in [0.05, 0.1) is 5.54 Å². The normalized spacial score (nSPS) is 24.1. The Morgan fingerprint density at radius 1 is 1.50 bits per heavy atom. The first-order valence-corrected chi connectivity index (χ1v) is 6.42. The molecule has 1 rings (SSSR count). The predicted octanol–water partition coefficient (Wildman–Crippen LogP) is 2.11. The van der Waals surface area contributed by atoms with Crippen molar-refractivity contribution in [1.29, 1.82) is 0 Å². The van der Waals surface area contributed by atoms with E-state index in [2.05, 4.69) is 43.8 Å². The second-order valence-corrected chi connectivity index (χ2v) is 5.78. The highest BCUT2D eigenvalue weighted by molar-refractivity contribution is 5.09. The molecule has 1 atom stereocenters. The molecule has 2 heteroatoms. The Morgan fingerprint density at radius 3 is 2.75 bits per heavy atom. The predicted molar refractivity (Wildman–Crippen MR) is 70.3 cm³/mol. The van der Waals surface area contributed by atoms with Gasteiger partial charge in [0, 0.05) is 19.1 Å². The first-order chi connectivity index (χ1) is 7.45. The van der Waals surface area contributed by atoms with Gasteiger partial charge in [0.15, 0.2) is 0 Å². The molecule has 1 saturated heterocycles. The molecule has 1 N–H and O–H groups in total. The molecule has 1 aliphatic rings. The van der Waals surface area contributed by atoms with Crippen LogP contribution in [-0.4, -0.2) is 36.1 Å². The van der Waals surface area contributed by atoms with Crippen LogP contribution in [0.4, 0.5) is 0 Å². The van der Waals surface area contributed by atoms with Gasteiger partial charge in [0.25, 0.3) is 0 Å². The Balaban J connectivity index is 2.63. The van der Waals surface area contributed by atoms with Gasteiger partial charge in [-0.15, -0.1) is 6.42 Å². The lowest BCUT2D eigenvalue weighted by atomic mass is 10.00. The topological polar surface area (TPSA) is 15.3 Å². The molecule has 0 spiro atoms. The molecule has 0 radical (unpaired) electrons. The van der Waals surface area contributed by atoms with Gasteiger partial charge in [-0.3, -0.25) is 4.90 Å². The summed E-state index contributed by atoms with van der Waals surface area (Å²) in [4.78, 5) is 2.44. The third kappa shape index (κ3) is 3.81. The summed E-state index contributed by atoms with van der Waals surface area (Å²) in [5, 5.41) is 3.63. The van der Waals surface area contributed by atoms with Gasteiger partial charge in [-0.05, 0) is 39.2 Å². The van der Waals surface area contributed by atoms with E-state index in [1.807, 2.05) is 0 Å². The second-order valence-electron chi connectivity index (χ2n) is 5.78. The molecule has 0 aliphatic carbocycles. The van der Waals surface area contributed by atoms with Crippen molar-refractivity contribution in [3.63, 3.8) is 0 Å². The molecule has 1 heterocycles. The number of terminal acetylenes is 1. The third-order valence-electron chi connectivity index (χ3n) is 3.38. The highest BCUT2D eigenvalue weighted by Crippen LogP contribution is 2.18. The minimum absolute atomic E-state index is 0.110. The smallest absolute Gasteiger partial charge is 0.0766 e. The van der Waals surface area contributed by atoms with Crippen LogP contribution < -0.4 is 5.32 Å². The van der Waals surface area contributed by atoms with E-state index in [1.54, 1.807) is 0 Å². The van der Waals surface area contributed by atoms with Crippen LogP contribution in [0.2, 0.25) is 0 Å². The average molecular weight is 222 g/mol. The lowest BCUT2D eigenvalue weighted by molar-refractivity contribution is 0.161. The standard InChI is InChI=1S/C14H26N2/c1-6-14(4,5)16-9-7-8-15-13(11-16)10-12(2)3/h1,12-13,15H,7-11H2,2-5H3. The number of hydrogen-bond acceptors (Lipinski definition) is 2. The lowest BCUT2D eigenvalue weighted by Crippen LogP contribution is -2.48. The molecule has 1 aliphatic heterocycles. The van der Waals surface area contributed by atoms with E-state index in [0.29, 0.717) is 6.04 Å². The summed E-state index contributed by atoms with van der Waals surface area (Å²) in [6.45, 7) is 12.2. The van der Waals surface area contributed by atoms with Gasteiger partial charge in [0.1, 0.15) is 0 Å². The highest BCUT2D eigenvalue weighted by atomic mass is 15.2. The SMILES string of the molecule is C#CC(C)(C)N1CCCNC(CC(C)C)C1. The largest absolute Gasteiger partial charge is 0.313 e. The van der Waals surface area contributed by atoms with Crippen LogP contribution in [0.5, 0.6) is 0 Å². The fourth-order valence-corrected chi connectivity index (χ4v) is 2.32. The maximum absolute atomic E-state index is 5.62. The van der Waals surface area contributed by atoms with Crippen LogP contribution in [0.25, 0.3) is 0 Å². The van der Waals surface area contributed by atoms with Gasteiger partial charge in [-0.1, -0.05) is 19.8 Å². The molecule has 0 bridgehead atoms. The van der Waals surface area contributed by atoms with Crippen LogP contribution in [-0.2, 0) is 0 Å². The van der Waals surface area contributed by atoms with E-state index < -0.39 is 0 Å².